The lowest BCUT2D eigenvalue weighted by atomic mass is 10.1. The van der Waals surface area contributed by atoms with Gasteiger partial charge in [-0.2, -0.15) is 0 Å². The van der Waals surface area contributed by atoms with Crippen LogP contribution in [-0.2, 0) is 4.74 Å². The molecule has 19 heavy (non-hydrogen) atoms. The third-order valence-electron chi connectivity index (χ3n) is 2.92. The van der Waals surface area contributed by atoms with Crippen LogP contribution < -0.4 is 10.6 Å². The number of nitrogen functional groups attached to an aromatic ring is 1. The lowest BCUT2D eigenvalue weighted by molar-refractivity contribution is 0.0601. The highest BCUT2D eigenvalue weighted by molar-refractivity contribution is 5.96. The molecule has 0 fully saturated rings. The average molecular weight is 266 g/mol. The van der Waals surface area contributed by atoms with Crippen LogP contribution in [0.15, 0.2) is 18.2 Å². The number of esters is 1. The van der Waals surface area contributed by atoms with Crippen molar-refractivity contribution in [3.05, 3.63) is 23.8 Å². The number of hydrogen-bond donors (Lipinski definition) is 2. The van der Waals surface area contributed by atoms with Crippen LogP contribution in [0, 0.1) is 0 Å². The summed E-state index contributed by atoms with van der Waals surface area (Å²) in [6.07, 6.45) is 2.04. The average Bonchev–Trinajstić information content (AvgIpc) is 2.42. The summed E-state index contributed by atoms with van der Waals surface area (Å²) in [6, 6.07) is 5.16. The highest BCUT2D eigenvalue weighted by Gasteiger charge is 2.17. The molecule has 0 heterocycles. The predicted molar refractivity (Wildman–Crippen MR) is 76.4 cm³/mol. The lowest BCUT2D eigenvalue weighted by Crippen LogP contribution is -2.29. The van der Waals surface area contributed by atoms with Crippen molar-refractivity contribution >= 4 is 17.3 Å². The topological polar surface area (TPSA) is 75.8 Å². The number of rotatable bonds is 7. The van der Waals surface area contributed by atoms with Gasteiger partial charge in [0.05, 0.1) is 25.0 Å². The summed E-state index contributed by atoms with van der Waals surface area (Å²) >= 11 is 0. The predicted octanol–water partition coefficient (Wildman–Crippen LogP) is 1.65. The van der Waals surface area contributed by atoms with Crippen LogP contribution in [0.2, 0.25) is 0 Å². The third kappa shape index (κ3) is 4.13. The zero-order chi connectivity index (χ0) is 14.3. The molecule has 1 rings (SSSR count). The zero-order valence-electron chi connectivity index (χ0n) is 11.6. The van der Waals surface area contributed by atoms with E-state index in [1.807, 2.05) is 4.90 Å². The Hall–Kier alpha value is -1.75. The van der Waals surface area contributed by atoms with E-state index in [0.29, 0.717) is 17.8 Å². The molecule has 5 nitrogen and oxygen atoms in total. The number of carbonyl (C=O) groups is 1. The normalized spacial score (nSPS) is 10.3. The van der Waals surface area contributed by atoms with E-state index in [-0.39, 0.29) is 6.61 Å². The SMILES string of the molecule is CCCCN(CCO)c1ccc(N)cc1C(=O)OC. The molecule has 1 aromatic rings. The number of nitrogens with two attached hydrogens (primary N) is 1. The monoisotopic (exact) mass is 266 g/mol. The Morgan fingerprint density at radius 3 is 2.74 bits per heavy atom. The number of unbranched alkanes of at least 4 members (excludes halogenated alkanes) is 1. The lowest BCUT2D eigenvalue weighted by Gasteiger charge is -2.25. The van der Waals surface area contributed by atoms with Crippen LogP contribution in [0.4, 0.5) is 11.4 Å². The Kier molecular flexibility index (Phi) is 6.15. The first-order chi connectivity index (χ1) is 9.13. The number of nitrogens with zero attached hydrogens (tertiary/aromatic N) is 1. The van der Waals surface area contributed by atoms with Gasteiger partial charge in [-0.1, -0.05) is 13.3 Å². The standard InChI is InChI=1S/C14H22N2O3/c1-3-4-7-16(8-9-17)13-6-5-11(15)10-12(13)14(18)19-2/h5-6,10,17H,3-4,7-9,15H2,1-2H3. The van der Waals surface area contributed by atoms with Crippen LogP contribution in [0.1, 0.15) is 30.1 Å². The molecule has 0 atom stereocenters. The van der Waals surface area contributed by atoms with Crippen LogP contribution in [-0.4, -0.2) is 37.9 Å². The van der Waals surface area contributed by atoms with Gasteiger partial charge in [-0.25, -0.2) is 4.79 Å². The second kappa shape index (κ2) is 7.63. The molecule has 0 unspecified atom stereocenters. The van der Waals surface area contributed by atoms with Crippen LogP contribution in [0.5, 0.6) is 0 Å². The minimum absolute atomic E-state index is 0.0364. The molecule has 5 heteroatoms. The van der Waals surface area contributed by atoms with Crippen molar-refractivity contribution in [1.29, 1.82) is 0 Å². The number of aliphatic hydroxyl groups is 1. The van der Waals surface area contributed by atoms with Crippen LogP contribution in [0.25, 0.3) is 0 Å². The molecule has 0 aromatic heterocycles. The molecule has 106 valence electrons. The van der Waals surface area contributed by atoms with E-state index in [1.54, 1.807) is 18.2 Å². The maximum atomic E-state index is 11.8. The van der Waals surface area contributed by atoms with Crippen molar-refractivity contribution in [2.24, 2.45) is 0 Å². The molecule has 0 bridgehead atoms. The van der Waals surface area contributed by atoms with Crippen molar-refractivity contribution in [2.45, 2.75) is 19.8 Å². The van der Waals surface area contributed by atoms with E-state index < -0.39 is 5.97 Å². The van der Waals surface area contributed by atoms with E-state index in [0.717, 1.165) is 25.1 Å². The summed E-state index contributed by atoms with van der Waals surface area (Å²) in [5.41, 5.74) is 7.43. The third-order valence-corrected chi connectivity index (χ3v) is 2.92. The Bertz CT molecular complexity index is 421. The van der Waals surface area contributed by atoms with Gasteiger partial charge in [-0.05, 0) is 24.6 Å². The summed E-state index contributed by atoms with van der Waals surface area (Å²) in [5, 5.41) is 9.16. The first-order valence-electron chi connectivity index (χ1n) is 6.47. The smallest absolute Gasteiger partial charge is 0.340 e. The van der Waals surface area contributed by atoms with Gasteiger partial charge in [0.1, 0.15) is 0 Å². The molecule has 0 aliphatic rings. The van der Waals surface area contributed by atoms with Gasteiger partial charge in [0.15, 0.2) is 0 Å². The van der Waals surface area contributed by atoms with Crippen molar-refractivity contribution in [3.63, 3.8) is 0 Å². The summed E-state index contributed by atoms with van der Waals surface area (Å²) < 4.78 is 4.78. The van der Waals surface area contributed by atoms with E-state index >= 15 is 0 Å². The number of anilines is 2. The van der Waals surface area contributed by atoms with Crippen molar-refractivity contribution in [1.82, 2.24) is 0 Å². The number of aliphatic hydroxyl groups excluding tert-OH is 1. The summed E-state index contributed by atoms with van der Waals surface area (Å²) in [4.78, 5) is 13.8. The molecule has 0 radical (unpaired) electrons. The first-order valence-corrected chi connectivity index (χ1v) is 6.47. The van der Waals surface area contributed by atoms with Crippen molar-refractivity contribution in [2.75, 3.05) is 37.4 Å². The maximum Gasteiger partial charge on any atom is 0.340 e. The Balaban J connectivity index is 3.09. The highest BCUT2D eigenvalue weighted by atomic mass is 16.5. The van der Waals surface area contributed by atoms with Gasteiger partial charge in [-0.15, -0.1) is 0 Å². The summed E-state index contributed by atoms with van der Waals surface area (Å²) in [5.74, 6) is -0.415. The highest BCUT2D eigenvalue weighted by Crippen LogP contribution is 2.24. The van der Waals surface area contributed by atoms with Gasteiger partial charge in [0.2, 0.25) is 0 Å². The quantitative estimate of drug-likeness (QED) is 0.580. The van der Waals surface area contributed by atoms with Crippen LogP contribution in [0.3, 0.4) is 0 Å². The minimum atomic E-state index is -0.415. The fraction of sp³-hybridized carbons (Fsp3) is 0.500. The second-order valence-corrected chi connectivity index (χ2v) is 4.33. The number of methoxy groups -OCH3 is 1. The number of ether oxygens (including phenoxy) is 1. The molecule has 0 amide bonds. The minimum Gasteiger partial charge on any atom is -0.465 e. The molecule has 0 aliphatic heterocycles. The number of hydrogen-bond acceptors (Lipinski definition) is 5. The van der Waals surface area contributed by atoms with Gasteiger partial charge in [0.25, 0.3) is 0 Å². The van der Waals surface area contributed by atoms with Gasteiger partial charge < -0.3 is 20.5 Å². The largest absolute Gasteiger partial charge is 0.465 e. The molecule has 0 saturated carbocycles. The van der Waals surface area contributed by atoms with E-state index in [4.69, 9.17) is 15.6 Å². The molecular weight excluding hydrogens is 244 g/mol. The molecular formula is C14H22N2O3. The molecule has 3 N–H and O–H groups in total. The van der Waals surface area contributed by atoms with Gasteiger partial charge in [-0.3, -0.25) is 0 Å². The fourth-order valence-electron chi connectivity index (χ4n) is 1.93. The maximum absolute atomic E-state index is 11.8. The number of benzene rings is 1. The zero-order valence-corrected chi connectivity index (χ0v) is 11.6. The van der Waals surface area contributed by atoms with Crippen molar-refractivity contribution in [3.8, 4) is 0 Å². The molecule has 1 aromatic carbocycles. The Morgan fingerprint density at radius 2 is 2.16 bits per heavy atom. The van der Waals surface area contributed by atoms with Crippen LogP contribution >= 0.6 is 0 Å². The van der Waals surface area contributed by atoms with E-state index in [9.17, 15) is 4.79 Å². The first kappa shape index (κ1) is 15.3. The second-order valence-electron chi connectivity index (χ2n) is 4.33. The van der Waals surface area contributed by atoms with E-state index in [2.05, 4.69) is 6.92 Å². The van der Waals surface area contributed by atoms with Crippen molar-refractivity contribution < 1.29 is 14.6 Å². The molecule has 0 saturated heterocycles. The summed E-state index contributed by atoms with van der Waals surface area (Å²) in [7, 11) is 1.34. The van der Waals surface area contributed by atoms with Gasteiger partial charge >= 0.3 is 5.97 Å². The van der Waals surface area contributed by atoms with Gasteiger partial charge in [0, 0.05) is 18.8 Å². The number of carbonyl (C=O) groups excluding carboxylic acids is 1. The summed E-state index contributed by atoms with van der Waals surface area (Å²) in [6.45, 7) is 3.40. The Labute approximate surface area is 114 Å². The fourth-order valence-corrected chi connectivity index (χ4v) is 1.93. The molecule has 0 aliphatic carbocycles. The molecule has 0 spiro atoms. The Morgan fingerprint density at radius 1 is 1.42 bits per heavy atom. The van der Waals surface area contributed by atoms with E-state index in [1.165, 1.54) is 7.11 Å².